The van der Waals surface area contributed by atoms with E-state index in [1.165, 1.54) is 0 Å². The molecule has 3 N–H and O–H groups in total. The molecule has 36 heavy (non-hydrogen) atoms. The van der Waals surface area contributed by atoms with E-state index in [0.717, 1.165) is 27.8 Å². The summed E-state index contributed by atoms with van der Waals surface area (Å²) in [6.07, 6.45) is 3.51. The van der Waals surface area contributed by atoms with Gasteiger partial charge in [0.25, 0.3) is 0 Å². The maximum Gasteiger partial charge on any atom is 0.227 e. The van der Waals surface area contributed by atoms with Crippen LogP contribution < -0.4 is 15.0 Å². The SMILES string of the molecule is CC(C)COc1cc(N2CCS(=N)(=O)CC2)ccc1Nc1ncc(Cl)c(-c2c[nH]c3ccccc23)n1. The van der Waals surface area contributed by atoms with E-state index in [0.29, 0.717) is 59.5 Å². The monoisotopic (exact) mass is 524 g/mol. The molecule has 1 fully saturated rings. The standard InChI is InChI=1S/C26H29ClN6O2S/c1-17(2)16-35-24-13-18(33-9-11-36(28,34)12-10-33)7-8-23(24)31-26-30-15-21(27)25(32-26)20-14-29-22-6-4-3-5-19(20)22/h3-8,13-15,17,28-29H,9-12,16H2,1-2H3,(H,30,31,32). The highest BCUT2D eigenvalue weighted by atomic mass is 35.5. The van der Waals surface area contributed by atoms with Crippen molar-refractivity contribution in [2.75, 3.05) is 41.4 Å². The third-order valence-electron chi connectivity index (χ3n) is 6.12. The van der Waals surface area contributed by atoms with Crippen molar-refractivity contribution in [3.63, 3.8) is 0 Å². The Bertz CT molecular complexity index is 1490. The first kappa shape index (κ1) is 24.4. The van der Waals surface area contributed by atoms with Crippen LogP contribution in [0.15, 0.2) is 54.9 Å². The van der Waals surface area contributed by atoms with Gasteiger partial charge >= 0.3 is 0 Å². The van der Waals surface area contributed by atoms with Gasteiger partial charge in [0.2, 0.25) is 5.95 Å². The molecule has 4 aromatic rings. The summed E-state index contributed by atoms with van der Waals surface area (Å²) < 4.78 is 26.1. The molecule has 0 saturated carbocycles. The lowest BCUT2D eigenvalue weighted by Gasteiger charge is -2.30. The van der Waals surface area contributed by atoms with Gasteiger partial charge in [-0.15, -0.1) is 0 Å². The summed E-state index contributed by atoms with van der Waals surface area (Å²) in [5.41, 5.74) is 4.28. The van der Waals surface area contributed by atoms with Gasteiger partial charge in [0.1, 0.15) is 5.75 Å². The van der Waals surface area contributed by atoms with E-state index in [9.17, 15) is 4.21 Å². The van der Waals surface area contributed by atoms with Crippen molar-refractivity contribution >= 4 is 49.6 Å². The predicted octanol–water partition coefficient (Wildman–Crippen LogP) is 5.92. The molecule has 10 heteroatoms. The first-order chi connectivity index (χ1) is 17.3. The van der Waals surface area contributed by atoms with Crippen LogP contribution in [0.3, 0.4) is 0 Å². The zero-order valence-electron chi connectivity index (χ0n) is 20.3. The van der Waals surface area contributed by atoms with Gasteiger partial charge in [-0.3, -0.25) is 4.78 Å². The minimum Gasteiger partial charge on any atom is -0.491 e. The van der Waals surface area contributed by atoms with Crippen molar-refractivity contribution in [3.8, 4) is 17.0 Å². The van der Waals surface area contributed by atoms with Gasteiger partial charge in [-0.2, -0.15) is 0 Å². The van der Waals surface area contributed by atoms with Crippen LogP contribution >= 0.6 is 11.6 Å². The van der Waals surface area contributed by atoms with Gasteiger partial charge in [0.05, 0.1) is 29.2 Å². The number of H-pyrrole nitrogens is 1. The van der Waals surface area contributed by atoms with Crippen molar-refractivity contribution in [1.82, 2.24) is 15.0 Å². The quantitative estimate of drug-likeness (QED) is 0.277. The van der Waals surface area contributed by atoms with Crippen LogP contribution in [-0.2, 0) is 9.73 Å². The van der Waals surface area contributed by atoms with Crippen molar-refractivity contribution in [2.45, 2.75) is 13.8 Å². The maximum absolute atomic E-state index is 12.1. The fourth-order valence-corrected chi connectivity index (χ4v) is 5.61. The highest BCUT2D eigenvalue weighted by molar-refractivity contribution is 7.92. The number of nitrogens with one attached hydrogen (secondary N) is 3. The van der Waals surface area contributed by atoms with Crippen LogP contribution in [0, 0.1) is 10.7 Å². The van der Waals surface area contributed by atoms with E-state index in [2.05, 4.69) is 34.0 Å². The number of halogens is 1. The molecule has 0 spiro atoms. The molecule has 8 nitrogen and oxygen atoms in total. The van der Waals surface area contributed by atoms with E-state index in [-0.39, 0.29) is 0 Å². The lowest BCUT2D eigenvalue weighted by molar-refractivity contribution is 0.272. The van der Waals surface area contributed by atoms with Gasteiger partial charge < -0.3 is 19.9 Å². The minimum atomic E-state index is -2.46. The second-order valence-electron chi connectivity index (χ2n) is 9.36. The van der Waals surface area contributed by atoms with Gasteiger partial charge in [-0.25, -0.2) is 14.2 Å². The van der Waals surface area contributed by atoms with Gasteiger partial charge in [0.15, 0.2) is 0 Å². The summed E-state index contributed by atoms with van der Waals surface area (Å²) in [5, 5.41) is 4.81. The summed E-state index contributed by atoms with van der Waals surface area (Å²) >= 11 is 6.50. The number of aromatic amines is 1. The second kappa shape index (κ2) is 9.99. The summed E-state index contributed by atoms with van der Waals surface area (Å²) in [6, 6.07) is 13.9. The van der Waals surface area contributed by atoms with E-state index in [4.69, 9.17) is 26.1 Å². The number of nitrogens with zero attached hydrogens (tertiary/aromatic N) is 3. The van der Waals surface area contributed by atoms with E-state index in [1.54, 1.807) is 6.20 Å². The van der Waals surface area contributed by atoms with E-state index in [1.807, 2.05) is 48.7 Å². The molecule has 0 radical (unpaired) electrons. The third kappa shape index (κ3) is 5.27. The molecule has 0 atom stereocenters. The average Bonchev–Trinajstić information content (AvgIpc) is 3.28. The highest BCUT2D eigenvalue weighted by Crippen LogP contribution is 2.35. The summed E-state index contributed by atoms with van der Waals surface area (Å²) in [7, 11) is -2.46. The van der Waals surface area contributed by atoms with E-state index < -0.39 is 9.73 Å². The largest absolute Gasteiger partial charge is 0.491 e. The van der Waals surface area contributed by atoms with Crippen LogP contribution in [0.1, 0.15) is 13.8 Å². The molecule has 3 heterocycles. The predicted molar refractivity (Wildman–Crippen MR) is 147 cm³/mol. The number of fused-ring (bicyclic) bond motifs is 1. The number of rotatable bonds is 7. The number of anilines is 3. The molecule has 0 bridgehead atoms. The molecule has 1 aliphatic rings. The van der Waals surface area contributed by atoms with Crippen LogP contribution in [0.25, 0.3) is 22.2 Å². The van der Waals surface area contributed by atoms with Crippen molar-refractivity contribution < 1.29 is 8.95 Å². The lowest BCUT2D eigenvalue weighted by atomic mass is 10.1. The number of hydrogen-bond acceptors (Lipinski definition) is 7. The Labute approximate surface area is 216 Å². The normalized spacial score (nSPS) is 15.4. The van der Waals surface area contributed by atoms with Crippen LogP contribution in [0.2, 0.25) is 5.02 Å². The maximum atomic E-state index is 12.1. The van der Waals surface area contributed by atoms with Crippen molar-refractivity contribution in [1.29, 1.82) is 4.78 Å². The molecule has 1 aliphatic heterocycles. The fraction of sp³-hybridized carbons (Fsp3) is 0.308. The summed E-state index contributed by atoms with van der Waals surface area (Å²) in [4.78, 5) is 14.6. The highest BCUT2D eigenvalue weighted by Gasteiger charge is 2.21. The average molecular weight is 525 g/mol. The Kier molecular flexibility index (Phi) is 6.77. The number of hydrogen-bond donors (Lipinski definition) is 3. The Morgan fingerprint density at radius 1 is 1.22 bits per heavy atom. The Morgan fingerprint density at radius 3 is 2.78 bits per heavy atom. The van der Waals surface area contributed by atoms with Crippen LogP contribution in [-0.4, -0.2) is 50.4 Å². The topological polar surface area (TPSA) is 107 Å². The molecule has 1 saturated heterocycles. The molecule has 0 unspecified atom stereocenters. The Morgan fingerprint density at radius 2 is 2.00 bits per heavy atom. The zero-order valence-corrected chi connectivity index (χ0v) is 21.8. The number of ether oxygens (including phenoxy) is 1. The number of aromatic nitrogens is 3. The molecular formula is C26H29ClN6O2S. The first-order valence-electron chi connectivity index (χ1n) is 11.9. The second-order valence-corrected chi connectivity index (χ2v) is 12.2. The molecular weight excluding hydrogens is 496 g/mol. The Hall–Kier alpha value is -3.30. The van der Waals surface area contributed by atoms with Crippen molar-refractivity contribution in [2.24, 2.45) is 5.92 Å². The minimum absolute atomic E-state index is 0.352. The molecule has 5 rings (SSSR count). The smallest absolute Gasteiger partial charge is 0.227 e. The molecule has 0 amide bonds. The lowest BCUT2D eigenvalue weighted by Crippen LogP contribution is -2.39. The number of benzene rings is 2. The zero-order chi connectivity index (χ0) is 25.3. The van der Waals surface area contributed by atoms with Gasteiger partial charge in [-0.1, -0.05) is 43.6 Å². The molecule has 188 valence electrons. The van der Waals surface area contributed by atoms with Gasteiger partial charge in [0, 0.05) is 68.7 Å². The van der Waals surface area contributed by atoms with Gasteiger partial charge in [-0.05, 0) is 24.1 Å². The Balaban J connectivity index is 1.45. The third-order valence-corrected chi connectivity index (χ3v) is 8.08. The van der Waals surface area contributed by atoms with Crippen LogP contribution in [0.4, 0.5) is 17.3 Å². The molecule has 0 aliphatic carbocycles. The van der Waals surface area contributed by atoms with Crippen molar-refractivity contribution in [3.05, 3.63) is 59.9 Å². The fourth-order valence-electron chi connectivity index (χ4n) is 4.18. The molecule has 2 aromatic heterocycles. The van der Waals surface area contributed by atoms with E-state index >= 15 is 0 Å². The summed E-state index contributed by atoms with van der Waals surface area (Å²) in [5.74, 6) is 2.21. The van der Waals surface area contributed by atoms with Crippen LogP contribution in [0.5, 0.6) is 5.75 Å². The molecule has 2 aromatic carbocycles. The first-order valence-corrected chi connectivity index (χ1v) is 14.2. The summed E-state index contributed by atoms with van der Waals surface area (Å²) in [6.45, 7) is 5.94. The number of para-hydroxylation sites is 1.